The van der Waals surface area contributed by atoms with Crippen LogP contribution in [0.2, 0.25) is 0 Å². The zero-order valence-electron chi connectivity index (χ0n) is 16.4. The molecule has 5 nitrogen and oxygen atoms in total. The number of fused-ring (bicyclic) bond motifs is 1. The Hall–Kier alpha value is -2.76. The first-order valence-electron chi connectivity index (χ1n) is 9.07. The summed E-state index contributed by atoms with van der Waals surface area (Å²) in [4.78, 5) is 16.8. The van der Waals surface area contributed by atoms with Crippen molar-refractivity contribution in [1.82, 2.24) is 19.9 Å². The molecule has 0 aliphatic rings. The Kier molecular flexibility index (Phi) is 5.00. The Morgan fingerprint density at radius 1 is 1.22 bits per heavy atom. The van der Waals surface area contributed by atoms with Crippen molar-refractivity contribution >= 4 is 11.6 Å². The molecule has 27 heavy (non-hydrogen) atoms. The summed E-state index contributed by atoms with van der Waals surface area (Å²) < 4.78 is 15.3. The van der Waals surface area contributed by atoms with E-state index in [2.05, 4.69) is 15.4 Å². The molecule has 0 aliphatic heterocycles. The molecule has 2 aromatic heterocycles. The van der Waals surface area contributed by atoms with Crippen LogP contribution in [0, 0.1) is 19.7 Å². The van der Waals surface area contributed by atoms with Gasteiger partial charge in [-0.15, -0.1) is 0 Å². The van der Waals surface area contributed by atoms with E-state index in [4.69, 9.17) is 0 Å². The number of amides is 1. The Morgan fingerprint density at radius 2 is 1.96 bits per heavy atom. The van der Waals surface area contributed by atoms with E-state index in [1.807, 2.05) is 46.8 Å². The number of benzene rings is 1. The van der Waals surface area contributed by atoms with Gasteiger partial charge >= 0.3 is 0 Å². The van der Waals surface area contributed by atoms with Crippen LogP contribution in [0.15, 0.2) is 30.3 Å². The fourth-order valence-corrected chi connectivity index (χ4v) is 3.20. The van der Waals surface area contributed by atoms with Crippen molar-refractivity contribution in [2.75, 3.05) is 0 Å². The number of carbonyl (C=O) groups is 1. The van der Waals surface area contributed by atoms with Gasteiger partial charge in [0.25, 0.3) is 0 Å². The molecule has 0 saturated carbocycles. The molecule has 2 heterocycles. The molecular weight excluding hydrogens is 343 g/mol. The summed E-state index contributed by atoms with van der Waals surface area (Å²) in [5.41, 5.74) is 4.70. The van der Waals surface area contributed by atoms with Crippen LogP contribution in [-0.2, 0) is 11.2 Å². The third-order valence-corrected chi connectivity index (χ3v) is 4.40. The van der Waals surface area contributed by atoms with Gasteiger partial charge in [0.1, 0.15) is 5.82 Å². The van der Waals surface area contributed by atoms with Crippen LogP contribution in [0.1, 0.15) is 44.1 Å². The van der Waals surface area contributed by atoms with Gasteiger partial charge in [-0.2, -0.15) is 5.10 Å². The lowest BCUT2D eigenvalue weighted by atomic mass is 10.0. The molecule has 0 atom stereocenters. The predicted molar refractivity (Wildman–Crippen MR) is 104 cm³/mol. The van der Waals surface area contributed by atoms with E-state index in [0.717, 1.165) is 17.0 Å². The van der Waals surface area contributed by atoms with Crippen molar-refractivity contribution in [3.05, 3.63) is 53.1 Å². The van der Waals surface area contributed by atoms with Gasteiger partial charge in [0.15, 0.2) is 5.65 Å². The average Bonchev–Trinajstić information content (AvgIpc) is 2.97. The molecule has 0 aliphatic carbocycles. The Morgan fingerprint density at radius 3 is 2.63 bits per heavy atom. The molecule has 1 aromatic carbocycles. The SMILES string of the molecule is Cc1nc2cc(-c3cccc(F)c3)nn2c(C)c1CCC(=O)NC(C)(C)C. The van der Waals surface area contributed by atoms with Crippen molar-refractivity contribution < 1.29 is 9.18 Å². The summed E-state index contributed by atoms with van der Waals surface area (Å²) in [6.07, 6.45) is 0.988. The molecule has 1 N–H and O–H groups in total. The lowest BCUT2D eigenvalue weighted by Crippen LogP contribution is -2.40. The maximum absolute atomic E-state index is 13.5. The van der Waals surface area contributed by atoms with E-state index < -0.39 is 0 Å². The zero-order valence-corrected chi connectivity index (χ0v) is 16.4. The third-order valence-electron chi connectivity index (χ3n) is 4.40. The van der Waals surface area contributed by atoms with Crippen LogP contribution in [0.4, 0.5) is 4.39 Å². The lowest BCUT2D eigenvalue weighted by Gasteiger charge is -2.20. The summed E-state index contributed by atoms with van der Waals surface area (Å²) >= 11 is 0. The van der Waals surface area contributed by atoms with Gasteiger partial charge in [0.2, 0.25) is 5.91 Å². The van der Waals surface area contributed by atoms with Crippen molar-refractivity contribution in [1.29, 1.82) is 0 Å². The molecule has 0 spiro atoms. The first-order valence-corrected chi connectivity index (χ1v) is 9.07. The normalized spacial score (nSPS) is 11.8. The summed E-state index contributed by atoms with van der Waals surface area (Å²) in [7, 11) is 0. The van der Waals surface area contributed by atoms with Gasteiger partial charge in [-0.3, -0.25) is 4.79 Å². The van der Waals surface area contributed by atoms with Crippen LogP contribution < -0.4 is 5.32 Å². The summed E-state index contributed by atoms with van der Waals surface area (Å²) in [6.45, 7) is 9.81. The highest BCUT2D eigenvalue weighted by atomic mass is 19.1. The number of hydrogen-bond donors (Lipinski definition) is 1. The smallest absolute Gasteiger partial charge is 0.220 e. The number of aromatic nitrogens is 3. The standard InChI is InChI=1S/C21H25FN4O/c1-13-17(9-10-20(27)24-21(3,4)5)14(2)26-19(23-13)12-18(25-26)15-7-6-8-16(22)11-15/h6-8,11-12H,9-10H2,1-5H3,(H,24,27). The van der Waals surface area contributed by atoms with Crippen LogP contribution in [-0.4, -0.2) is 26.0 Å². The van der Waals surface area contributed by atoms with E-state index >= 15 is 0 Å². The molecule has 142 valence electrons. The predicted octanol–water partition coefficient (Wildman–Crippen LogP) is 4.00. The van der Waals surface area contributed by atoms with Crippen molar-refractivity contribution in [3.63, 3.8) is 0 Å². The van der Waals surface area contributed by atoms with Crippen LogP contribution >= 0.6 is 0 Å². The van der Waals surface area contributed by atoms with E-state index in [0.29, 0.717) is 29.7 Å². The van der Waals surface area contributed by atoms with Crippen molar-refractivity contribution in [2.24, 2.45) is 0 Å². The van der Waals surface area contributed by atoms with Gasteiger partial charge in [-0.05, 0) is 58.7 Å². The second-order valence-corrected chi connectivity index (χ2v) is 7.87. The van der Waals surface area contributed by atoms with Gasteiger partial charge < -0.3 is 5.32 Å². The fraction of sp³-hybridized carbons (Fsp3) is 0.381. The quantitative estimate of drug-likeness (QED) is 0.757. The molecule has 3 rings (SSSR count). The number of rotatable bonds is 4. The maximum atomic E-state index is 13.5. The number of aryl methyl sites for hydroxylation is 2. The molecule has 0 bridgehead atoms. The molecular formula is C21H25FN4O. The molecule has 6 heteroatoms. The minimum absolute atomic E-state index is 0.0160. The summed E-state index contributed by atoms with van der Waals surface area (Å²) in [5, 5.41) is 7.58. The monoisotopic (exact) mass is 368 g/mol. The molecule has 0 saturated heterocycles. The Labute approximate surface area is 158 Å². The minimum Gasteiger partial charge on any atom is -0.351 e. The van der Waals surface area contributed by atoms with Gasteiger partial charge in [0.05, 0.1) is 5.69 Å². The van der Waals surface area contributed by atoms with Crippen LogP contribution in [0.3, 0.4) is 0 Å². The number of nitrogens with zero attached hydrogens (tertiary/aromatic N) is 3. The fourth-order valence-electron chi connectivity index (χ4n) is 3.20. The number of hydrogen-bond acceptors (Lipinski definition) is 3. The number of nitrogens with one attached hydrogen (secondary N) is 1. The van der Waals surface area contributed by atoms with E-state index in [1.54, 1.807) is 10.6 Å². The molecule has 3 aromatic rings. The highest BCUT2D eigenvalue weighted by Crippen LogP contribution is 2.23. The molecule has 1 amide bonds. The van der Waals surface area contributed by atoms with E-state index in [1.165, 1.54) is 12.1 Å². The first kappa shape index (κ1) is 19.0. The van der Waals surface area contributed by atoms with Crippen molar-refractivity contribution in [2.45, 2.75) is 53.0 Å². The van der Waals surface area contributed by atoms with Gasteiger partial charge in [-0.1, -0.05) is 12.1 Å². The summed E-state index contributed by atoms with van der Waals surface area (Å²) in [5.74, 6) is -0.279. The van der Waals surface area contributed by atoms with Gasteiger partial charge in [0, 0.05) is 35.0 Å². The molecule has 0 radical (unpaired) electrons. The number of halogens is 1. The largest absolute Gasteiger partial charge is 0.351 e. The second-order valence-electron chi connectivity index (χ2n) is 7.87. The van der Waals surface area contributed by atoms with Crippen molar-refractivity contribution in [3.8, 4) is 11.3 Å². The Bertz CT molecular complexity index is 1000. The second kappa shape index (κ2) is 7.10. The van der Waals surface area contributed by atoms with E-state index in [-0.39, 0.29) is 17.3 Å². The lowest BCUT2D eigenvalue weighted by molar-refractivity contribution is -0.122. The first-order chi connectivity index (χ1) is 12.6. The minimum atomic E-state index is -0.295. The Balaban J connectivity index is 1.90. The zero-order chi connectivity index (χ0) is 19.8. The summed E-state index contributed by atoms with van der Waals surface area (Å²) in [6, 6.07) is 8.21. The van der Waals surface area contributed by atoms with E-state index in [9.17, 15) is 9.18 Å². The third kappa shape index (κ3) is 4.32. The highest BCUT2D eigenvalue weighted by molar-refractivity contribution is 5.77. The highest BCUT2D eigenvalue weighted by Gasteiger charge is 2.17. The maximum Gasteiger partial charge on any atom is 0.220 e. The average molecular weight is 368 g/mol. The molecule has 0 fully saturated rings. The van der Waals surface area contributed by atoms with Gasteiger partial charge in [-0.25, -0.2) is 13.9 Å². The van der Waals surface area contributed by atoms with Crippen LogP contribution in [0.25, 0.3) is 16.9 Å². The number of carbonyl (C=O) groups excluding carboxylic acids is 1. The molecule has 0 unspecified atom stereocenters. The van der Waals surface area contributed by atoms with Crippen LogP contribution in [0.5, 0.6) is 0 Å². The topological polar surface area (TPSA) is 59.3 Å².